The van der Waals surface area contributed by atoms with Crippen LogP contribution in [0.5, 0.6) is 0 Å². The fourth-order valence-electron chi connectivity index (χ4n) is 6.94. The number of rotatable bonds is 9. The topological polar surface area (TPSA) is 102 Å². The van der Waals surface area contributed by atoms with Crippen LogP contribution in [0.25, 0.3) is 0 Å². The summed E-state index contributed by atoms with van der Waals surface area (Å²) in [5, 5.41) is 3.14. The van der Waals surface area contributed by atoms with E-state index in [4.69, 9.17) is 4.74 Å². The van der Waals surface area contributed by atoms with E-state index in [1.807, 2.05) is 34.9 Å². The van der Waals surface area contributed by atoms with Gasteiger partial charge in [-0.25, -0.2) is 4.79 Å². The molecule has 1 N–H and O–H groups in total. The number of esters is 1. The molecule has 42 heavy (non-hydrogen) atoms. The quantitative estimate of drug-likeness (QED) is 0.412. The molecule has 3 fully saturated rings. The van der Waals surface area contributed by atoms with E-state index in [9.17, 15) is 19.2 Å². The highest BCUT2D eigenvalue weighted by Gasteiger charge is 2.42. The number of carbonyl (C=O) groups excluding carboxylic acids is 4. The van der Waals surface area contributed by atoms with Crippen LogP contribution in [-0.4, -0.2) is 121 Å². The molecule has 3 aliphatic rings. The molecular weight excluding hydrogens is 534 g/mol. The molecule has 2 unspecified atom stereocenters. The molecule has 3 rings (SSSR count). The maximum absolute atomic E-state index is 14.1. The van der Waals surface area contributed by atoms with Crippen LogP contribution >= 0.6 is 0 Å². The molecule has 3 heterocycles. The second-order valence-electron chi connectivity index (χ2n) is 14.1. The Morgan fingerprint density at radius 3 is 2.02 bits per heavy atom. The Hall–Kier alpha value is -2.20. The van der Waals surface area contributed by atoms with Crippen molar-refractivity contribution in [3.63, 3.8) is 0 Å². The third-order valence-corrected chi connectivity index (χ3v) is 9.67. The Labute approximate surface area is 253 Å². The number of nitrogens with zero attached hydrogens (tertiary/aromatic N) is 4. The summed E-state index contributed by atoms with van der Waals surface area (Å²) in [5.41, 5.74) is -0.476. The zero-order chi connectivity index (χ0) is 31.2. The van der Waals surface area contributed by atoms with Gasteiger partial charge in [0.1, 0.15) is 12.1 Å². The summed E-state index contributed by atoms with van der Waals surface area (Å²) >= 11 is 0. The van der Waals surface area contributed by atoms with Crippen molar-refractivity contribution < 1.29 is 23.9 Å². The van der Waals surface area contributed by atoms with Gasteiger partial charge in [-0.05, 0) is 76.4 Å². The Kier molecular flexibility index (Phi) is 12.2. The van der Waals surface area contributed by atoms with Crippen molar-refractivity contribution in [1.29, 1.82) is 0 Å². The zero-order valence-corrected chi connectivity index (χ0v) is 27.5. The molecular formula is C32H57N5O5. The molecule has 3 saturated heterocycles. The maximum atomic E-state index is 14.1. The smallest absolute Gasteiger partial charge is 0.328 e. The Morgan fingerprint density at radius 1 is 0.881 bits per heavy atom. The number of hydrogen-bond donors (Lipinski definition) is 1. The van der Waals surface area contributed by atoms with Crippen molar-refractivity contribution in [2.75, 3.05) is 47.4 Å². The molecule has 0 bridgehead atoms. The lowest BCUT2D eigenvalue weighted by molar-refractivity contribution is -0.157. The van der Waals surface area contributed by atoms with Crippen molar-refractivity contribution >= 4 is 23.7 Å². The van der Waals surface area contributed by atoms with Gasteiger partial charge in [0.05, 0.1) is 19.2 Å². The summed E-state index contributed by atoms with van der Waals surface area (Å²) < 4.78 is 5.04. The van der Waals surface area contributed by atoms with Crippen LogP contribution in [0.1, 0.15) is 92.4 Å². The summed E-state index contributed by atoms with van der Waals surface area (Å²) in [5.74, 6) is -0.392. The molecule has 0 aromatic heterocycles. The Balaban J connectivity index is 1.78. The van der Waals surface area contributed by atoms with E-state index in [0.717, 1.165) is 64.5 Å². The largest absolute Gasteiger partial charge is 0.467 e. The summed E-state index contributed by atoms with van der Waals surface area (Å²) in [6, 6.07) is -1.88. The van der Waals surface area contributed by atoms with E-state index in [1.54, 1.807) is 9.80 Å². The normalized spacial score (nSPS) is 25.9. The number of likely N-dealkylation sites (N-methyl/N-ethyl adjacent to an activating group) is 2. The van der Waals surface area contributed by atoms with Crippen LogP contribution in [0, 0.1) is 11.3 Å². The highest BCUT2D eigenvalue weighted by atomic mass is 16.5. The molecule has 0 aromatic rings. The Morgan fingerprint density at radius 2 is 1.45 bits per heavy atom. The minimum atomic E-state index is -0.667. The van der Waals surface area contributed by atoms with Gasteiger partial charge in [-0.2, -0.15) is 0 Å². The fourth-order valence-corrected chi connectivity index (χ4v) is 6.94. The van der Waals surface area contributed by atoms with Gasteiger partial charge in [0, 0.05) is 26.2 Å². The van der Waals surface area contributed by atoms with Gasteiger partial charge in [0.2, 0.25) is 17.7 Å². The first kappa shape index (κ1) is 34.3. The minimum absolute atomic E-state index is 0.00211. The van der Waals surface area contributed by atoms with Gasteiger partial charge in [0.25, 0.3) is 0 Å². The van der Waals surface area contributed by atoms with Gasteiger partial charge in [-0.15, -0.1) is 0 Å². The number of piperidine rings is 3. The first-order chi connectivity index (χ1) is 19.8. The monoisotopic (exact) mass is 591 g/mol. The van der Waals surface area contributed by atoms with E-state index in [2.05, 4.69) is 29.0 Å². The molecule has 3 amide bonds. The summed E-state index contributed by atoms with van der Waals surface area (Å²) in [4.78, 5) is 61.8. The second kappa shape index (κ2) is 15.0. The van der Waals surface area contributed by atoms with E-state index >= 15 is 0 Å². The van der Waals surface area contributed by atoms with Gasteiger partial charge in [-0.1, -0.05) is 47.5 Å². The summed E-state index contributed by atoms with van der Waals surface area (Å²) in [6.45, 7) is 13.0. The number of methoxy groups -OCH3 is 1. The predicted octanol–water partition coefficient (Wildman–Crippen LogP) is 2.89. The lowest BCUT2D eigenvalue weighted by Crippen LogP contribution is -2.62. The minimum Gasteiger partial charge on any atom is -0.467 e. The molecule has 3 aliphatic heterocycles. The van der Waals surface area contributed by atoms with Crippen molar-refractivity contribution in [2.45, 2.75) is 123 Å². The number of carbonyl (C=O) groups is 4. The number of amides is 3. The molecule has 0 aliphatic carbocycles. The third kappa shape index (κ3) is 8.24. The molecule has 10 nitrogen and oxygen atoms in total. The lowest BCUT2D eigenvalue weighted by atomic mass is 9.84. The standard InChI is InChI=1S/C32H57N5O5/c1-22(2)26(35(7)30(40)27(32(3,4)5)33-28(38)23-15-9-12-18-34(23)6)21-36-19-13-10-16-24(36)29(39)37-20-14-11-17-25(37)31(41)42-8/h22-27H,9-21H2,1-8H3,(H,33,38)/t23-,24+,25+,26?,27?/m1/s1. The lowest BCUT2D eigenvalue weighted by Gasteiger charge is -2.45. The molecule has 0 radical (unpaired) electrons. The number of nitrogens with one attached hydrogen (secondary N) is 1. The van der Waals surface area contributed by atoms with Gasteiger partial charge in [0.15, 0.2) is 0 Å². The first-order valence-electron chi connectivity index (χ1n) is 16.2. The van der Waals surface area contributed by atoms with E-state index in [0.29, 0.717) is 19.5 Å². The zero-order valence-electron chi connectivity index (χ0n) is 27.5. The van der Waals surface area contributed by atoms with Crippen molar-refractivity contribution in [3.8, 4) is 0 Å². The average Bonchev–Trinajstić information content (AvgIpc) is 2.96. The van der Waals surface area contributed by atoms with Gasteiger partial charge in [-0.3, -0.25) is 24.2 Å². The van der Waals surface area contributed by atoms with Crippen molar-refractivity contribution in [3.05, 3.63) is 0 Å². The molecule has 5 atom stereocenters. The molecule has 240 valence electrons. The molecule has 10 heteroatoms. The highest BCUT2D eigenvalue weighted by molar-refractivity contribution is 5.90. The third-order valence-electron chi connectivity index (χ3n) is 9.67. The van der Waals surface area contributed by atoms with Crippen LogP contribution in [0.3, 0.4) is 0 Å². The maximum Gasteiger partial charge on any atom is 0.328 e. The van der Waals surface area contributed by atoms with Gasteiger partial charge >= 0.3 is 5.97 Å². The van der Waals surface area contributed by atoms with Crippen molar-refractivity contribution in [1.82, 2.24) is 24.9 Å². The van der Waals surface area contributed by atoms with Crippen LogP contribution in [0.4, 0.5) is 0 Å². The van der Waals surface area contributed by atoms with Crippen molar-refractivity contribution in [2.24, 2.45) is 11.3 Å². The Bertz CT molecular complexity index is 950. The van der Waals surface area contributed by atoms with E-state index < -0.39 is 17.5 Å². The molecule has 0 saturated carbocycles. The molecule has 0 aromatic carbocycles. The summed E-state index contributed by atoms with van der Waals surface area (Å²) in [7, 11) is 5.20. The van der Waals surface area contributed by atoms with E-state index in [-0.39, 0.29) is 47.7 Å². The number of hydrogen-bond acceptors (Lipinski definition) is 7. The average molecular weight is 592 g/mol. The van der Waals surface area contributed by atoms with Crippen LogP contribution in [0.2, 0.25) is 0 Å². The first-order valence-corrected chi connectivity index (χ1v) is 16.2. The molecule has 0 spiro atoms. The highest BCUT2D eigenvalue weighted by Crippen LogP contribution is 2.28. The number of ether oxygens (including phenoxy) is 1. The fraction of sp³-hybridized carbons (Fsp3) is 0.875. The summed E-state index contributed by atoms with van der Waals surface area (Å²) in [6.07, 6.45) is 8.00. The number of likely N-dealkylation sites (tertiary alicyclic amines) is 3. The van der Waals surface area contributed by atoms with Crippen LogP contribution in [-0.2, 0) is 23.9 Å². The van der Waals surface area contributed by atoms with Crippen LogP contribution in [0.15, 0.2) is 0 Å². The SMILES string of the molecule is COC(=O)[C@@H]1CCCCN1C(=O)[C@@H]1CCCCN1CC(C(C)C)N(C)C(=O)C(NC(=O)[C@H]1CCCCN1C)C(C)(C)C. The second-order valence-corrected chi connectivity index (χ2v) is 14.1. The van der Waals surface area contributed by atoms with Gasteiger partial charge < -0.3 is 19.9 Å². The van der Waals surface area contributed by atoms with E-state index in [1.165, 1.54) is 7.11 Å². The van der Waals surface area contributed by atoms with Crippen LogP contribution < -0.4 is 5.32 Å². The predicted molar refractivity (Wildman–Crippen MR) is 164 cm³/mol.